The summed E-state index contributed by atoms with van der Waals surface area (Å²) in [5, 5.41) is 2.55. The molecule has 118 valence electrons. The number of nitrogens with one attached hydrogen (secondary N) is 1. The standard InChI is InChI=1S/C13H21N3O4S/c1-10(17)15-12-9-11(5-6-13(12)20-3)21(18,19)16(2)8-4-7-14/h5-6,9H,4,7-8,14H2,1-3H3,(H,15,17). The highest BCUT2D eigenvalue weighted by Crippen LogP contribution is 2.28. The zero-order valence-electron chi connectivity index (χ0n) is 12.4. The Kier molecular flexibility index (Phi) is 6.13. The van der Waals surface area contributed by atoms with Crippen LogP contribution in [0.3, 0.4) is 0 Å². The van der Waals surface area contributed by atoms with Crippen LogP contribution in [0.15, 0.2) is 23.1 Å². The molecule has 0 spiro atoms. The molecular weight excluding hydrogens is 294 g/mol. The monoisotopic (exact) mass is 315 g/mol. The van der Waals surface area contributed by atoms with Crippen molar-refractivity contribution in [3.05, 3.63) is 18.2 Å². The van der Waals surface area contributed by atoms with E-state index in [1.165, 1.54) is 43.6 Å². The lowest BCUT2D eigenvalue weighted by Crippen LogP contribution is -2.29. The SMILES string of the molecule is COc1ccc(S(=O)(=O)N(C)CCCN)cc1NC(C)=O. The van der Waals surface area contributed by atoms with Crippen molar-refractivity contribution in [3.8, 4) is 5.75 Å². The molecule has 0 aromatic heterocycles. The van der Waals surface area contributed by atoms with Gasteiger partial charge in [0.05, 0.1) is 17.7 Å². The Morgan fingerprint density at radius 1 is 1.43 bits per heavy atom. The molecule has 0 saturated carbocycles. The number of ether oxygens (including phenoxy) is 1. The number of anilines is 1. The molecule has 8 heteroatoms. The van der Waals surface area contributed by atoms with E-state index in [0.29, 0.717) is 30.9 Å². The molecule has 1 rings (SSSR count). The van der Waals surface area contributed by atoms with E-state index in [1.54, 1.807) is 0 Å². The summed E-state index contributed by atoms with van der Waals surface area (Å²) >= 11 is 0. The maximum absolute atomic E-state index is 12.4. The fourth-order valence-corrected chi connectivity index (χ4v) is 2.99. The van der Waals surface area contributed by atoms with Crippen molar-refractivity contribution in [2.24, 2.45) is 5.73 Å². The van der Waals surface area contributed by atoms with Gasteiger partial charge in [0.25, 0.3) is 0 Å². The molecule has 0 radical (unpaired) electrons. The minimum atomic E-state index is -3.62. The summed E-state index contributed by atoms with van der Waals surface area (Å²) in [4.78, 5) is 11.3. The second-order valence-electron chi connectivity index (χ2n) is 4.51. The molecule has 0 atom stereocenters. The lowest BCUT2D eigenvalue weighted by Gasteiger charge is -2.18. The molecule has 3 N–H and O–H groups in total. The van der Waals surface area contributed by atoms with Gasteiger partial charge in [-0.25, -0.2) is 12.7 Å². The third-order valence-electron chi connectivity index (χ3n) is 2.87. The Morgan fingerprint density at radius 3 is 2.62 bits per heavy atom. The molecule has 1 amide bonds. The summed E-state index contributed by atoms with van der Waals surface area (Å²) in [5.74, 6) is 0.0908. The Balaban J connectivity index is 3.15. The van der Waals surface area contributed by atoms with Gasteiger partial charge in [0.2, 0.25) is 15.9 Å². The number of nitrogens with zero attached hydrogens (tertiary/aromatic N) is 1. The minimum Gasteiger partial charge on any atom is -0.495 e. The van der Waals surface area contributed by atoms with Gasteiger partial charge in [-0.2, -0.15) is 0 Å². The van der Waals surface area contributed by atoms with E-state index < -0.39 is 10.0 Å². The smallest absolute Gasteiger partial charge is 0.242 e. The Labute approximate surface area is 125 Å². The highest BCUT2D eigenvalue weighted by molar-refractivity contribution is 7.89. The number of rotatable bonds is 7. The number of nitrogens with two attached hydrogens (primary N) is 1. The maximum atomic E-state index is 12.4. The van der Waals surface area contributed by atoms with Crippen LogP contribution in [0.25, 0.3) is 0 Å². The Morgan fingerprint density at radius 2 is 2.10 bits per heavy atom. The van der Waals surface area contributed by atoms with E-state index in [4.69, 9.17) is 10.5 Å². The first-order valence-electron chi connectivity index (χ1n) is 6.45. The third kappa shape index (κ3) is 4.42. The Hall–Kier alpha value is -1.64. The van der Waals surface area contributed by atoms with Crippen LogP contribution in [0.1, 0.15) is 13.3 Å². The molecule has 0 bridgehead atoms. The van der Waals surface area contributed by atoms with E-state index in [0.717, 1.165) is 0 Å². The number of sulfonamides is 1. The summed E-state index contributed by atoms with van der Waals surface area (Å²) in [5.41, 5.74) is 5.71. The molecule has 0 unspecified atom stereocenters. The molecule has 0 heterocycles. The topological polar surface area (TPSA) is 102 Å². The molecule has 7 nitrogen and oxygen atoms in total. The summed E-state index contributed by atoms with van der Waals surface area (Å²) < 4.78 is 31.1. The lowest BCUT2D eigenvalue weighted by molar-refractivity contribution is -0.114. The fraction of sp³-hybridized carbons (Fsp3) is 0.462. The first-order valence-corrected chi connectivity index (χ1v) is 7.89. The van der Waals surface area contributed by atoms with Gasteiger partial charge in [-0.15, -0.1) is 0 Å². The second-order valence-corrected chi connectivity index (χ2v) is 6.56. The summed E-state index contributed by atoms with van der Waals surface area (Å²) in [6, 6.07) is 4.34. The molecule has 0 aliphatic rings. The lowest BCUT2D eigenvalue weighted by atomic mass is 10.3. The van der Waals surface area contributed by atoms with Crippen LogP contribution in [0.4, 0.5) is 5.69 Å². The van der Waals surface area contributed by atoms with Gasteiger partial charge in [0.15, 0.2) is 0 Å². The first-order chi connectivity index (χ1) is 9.82. The van der Waals surface area contributed by atoms with Crippen LogP contribution in [-0.4, -0.2) is 45.9 Å². The predicted molar refractivity (Wildman–Crippen MR) is 80.8 cm³/mol. The normalized spacial score (nSPS) is 11.5. The van der Waals surface area contributed by atoms with Crippen LogP contribution in [0, 0.1) is 0 Å². The Bertz CT molecular complexity index is 601. The summed E-state index contributed by atoms with van der Waals surface area (Å²) in [7, 11) is -0.684. The van der Waals surface area contributed by atoms with Gasteiger partial charge in [0.1, 0.15) is 5.75 Å². The molecule has 1 aromatic rings. The highest BCUT2D eigenvalue weighted by Gasteiger charge is 2.21. The molecule has 0 aliphatic heterocycles. The van der Waals surface area contributed by atoms with Gasteiger partial charge in [-0.1, -0.05) is 0 Å². The fourth-order valence-electron chi connectivity index (χ4n) is 1.75. The van der Waals surface area contributed by atoms with Crippen molar-refractivity contribution >= 4 is 21.6 Å². The number of carbonyl (C=O) groups is 1. The second kappa shape index (κ2) is 7.39. The van der Waals surface area contributed by atoms with Crippen molar-refractivity contribution in [1.29, 1.82) is 0 Å². The molecule has 0 fully saturated rings. The molecule has 21 heavy (non-hydrogen) atoms. The van der Waals surface area contributed by atoms with Gasteiger partial charge >= 0.3 is 0 Å². The van der Waals surface area contributed by atoms with Crippen molar-refractivity contribution in [2.45, 2.75) is 18.2 Å². The van der Waals surface area contributed by atoms with Crippen molar-refractivity contribution in [3.63, 3.8) is 0 Å². The third-order valence-corrected chi connectivity index (χ3v) is 4.72. The van der Waals surface area contributed by atoms with E-state index in [1.807, 2.05) is 0 Å². The number of hydrogen-bond donors (Lipinski definition) is 2. The van der Waals surface area contributed by atoms with Crippen LogP contribution < -0.4 is 15.8 Å². The van der Waals surface area contributed by atoms with E-state index in [2.05, 4.69) is 5.32 Å². The van der Waals surface area contributed by atoms with Crippen LogP contribution >= 0.6 is 0 Å². The number of methoxy groups -OCH3 is 1. The molecule has 1 aromatic carbocycles. The van der Waals surface area contributed by atoms with Crippen LogP contribution in [0.5, 0.6) is 5.75 Å². The highest BCUT2D eigenvalue weighted by atomic mass is 32.2. The quantitative estimate of drug-likeness (QED) is 0.768. The van der Waals surface area contributed by atoms with Crippen LogP contribution in [0.2, 0.25) is 0 Å². The van der Waals surface area contributed by atoms with Crippen LogP contribution in [-0.2, 0) is 14.8 Å². The molecule has 0 aliphatic carbocycles. The van der Waals surface area contributed by atoms with E-state index >= 15 is 0 Å². The number of benzene rings is 1. The zero-order valence-corrected chi connectivity index (χ0v) is 13.2. The van der Waals surface area contributed by atoms with Gasteiger partial charge in [0, 0.05) is 20.5 Å². The number of carbonyl (C=O) groups excluding carboxylic acids is 1. The zero-order chi connectivity index (χ0) is 16.0. The number of amides is 1. The molecular formula is C13H21N3O4S. The van der Waals surface area contributed by atoms with Gasteiger partial charge in [-0.05, 0) is 31.2 Å². The average molecular weight is 315 g/mol. The maximum Gasteiger partial charge on any atom is 0.242 e. The minimum absolute atomic E-state index is 0.0894. The summed E-state index contributed by atoms with van der Waals surface area (Å²) in [6.45, 7) is 2.09. The van der Waals surface area contributed by atoms with Gasteiger partial charge < -0.3 is 15.8 Å². The largest absolute Gasteiger partial charge is 0.495 e. The number of hydrogen-bond acceptors (Lipinski definition) is 5. The van der Waals surface area contributed by atoms with Crippen molar-refractivity contribution < 1.29 is 17.9 Å². The average Bonchev–Trinajstić information content (AvgIpc) is 2.43. The predicted octanol–water partition coefficient (Wildman–Crippen LogP) is 0.623. The van der Waals surface area contributed by atoms with Crippen molar-refractivity contribution in [1.82, 2.24) is 4.31 Å². The van der Waals surface area contributed by atoms with E-state index in [9.17, 15) is 13.2 Å². The molecule has 0 saturated heterocycles. The first kappa shape index (κ1) is 17.4. The van der Waals surface area contributed by atoms with Crippen molar-refractivity contribution in [2.75, 3.05) is 32.6 Å². The van der Waals surface area contributed by atoms with Gasteiger partial charge in [-0.3, -0.25) is 4.79 Å². The summed E-state index contributed by atoms with van der Waals surface area (Å²) in [6.07, 6.45) is 0.574. The van der Waals surface area contributed by atoms with E-state index in [-0.39, 0.29) is 10.8 Å².